The highest BCUT2D eigenvalue weighted by molar-refractivity contribution is 4.83. The van der Waals surface area contributed by atoms with Gasteiger partial charge in [-0.05, 0) is 25.8 Å². The van der Waals surface area contributed by atoms with E-state index in [0.717, 1.165) is 19.6 Å². The quantitative estimate of drug-likeness (QED) is 0.746. The third-order valence-corrected chi connectivity index (χ3v) is 2.91. The van der Waals surface area contributed by atoms with Gasteiger partial charge in [0.25, 0.3) is 5.92 Å². The Morgan fingerprint density at radius 2 is 2.14 bits per heavy atom. The van der Waals surface area contributed by atoms with E-state index in [1.807, 2.05) is 4.90 Å². The van der Waals surface area contributed by atoms with Crippen LogP contribution in [0.15, 0.2) is 0 Å². The fraction of sp³-hybridized carbons (Fsp3) is 1.00. The van der Waals surface area contributed by atoms with Crippen LogP contribution in [0.4, 0.5) is 8.78 Å². The largest absolute Gasteiger partial charge is 0.313 e. The van der Waals surface area contributed by atoms with E-state index in [1.165, 1.54) is 12.8 Å². The number of halogens is 2. The predicted octanol–water partition coefficient (Wildman–Crippen LogP) is 1.47. The second-order valence-electron chi connectivity index (χ2n) is 4.46. The summed E-state index contributed by atoms with van der Waals surface area (Å²) < 4.78 is 26.0. The van der Waals surface area contributed by atoms with Crippen molar-refractivity contribution in [3.63, 3.8) is 0 Å². The summed E-state index contributed by atoms with van der Waals surface area (Å²) in [7, 11) is 0. The molecule has 0 aromatic heterocycles. The molecule has 1 saturated heterocycles. The van der Waals surface area contributed by atoms with Crippen molar-refractivity contribution in [2.45, 2.75) is 37.6 Å². The minimum Gasteiger partial charge on any atom is -0.313 e. The average Bonchev–Trinajstić information content (AvgIpc) is 2.86. The number of hydrogen-bond acceptors (Lipinski definition) is 2. The van der Waals surface area contributed by atoms with E-state index in [-0.39, 0.29) is 13.0 Å². The van der Waals surface area contributed by atoms with Crippen LogP contribution in [-0.4, -0.2) is 43.0 Å². The smallest absolute Gasteiger partial charge is 0.260 e. The minimum absolute atomic E-state index is 0.0423. The van der Waals surface area contributed by atoms with Gasteiger partial charge in [-0.25, -0.2) is 8.78 Å². The van der Waals surface area contributed by atoms with E-state index in [9.17, 15) is 8.78 Å². The van der Waals surface area contributed by atoms with Gasteiger partial charge in [0.1, 0.15) is 0 Å². The first kappa shape index (κ1) is 10.3. The van der Waals surface area contributed by atoms with Gasteiger partial charge in [-0.3, -0.25) is 4.90 Å². The summed E-state index contributed by atoms with van der Waals surface area (Å²) in [4.78, 5) is 1.87. The number of nitrogens with zero attached hydrogens (tertiary/aromatic N) is 1. The average molecular weight is 204 g/mol. The van der Waals surface area contributed by atoms with E-state index in [0.29, 0.717) is 12.5 Å². The lowest BCUT2D eigenvalue weighted by atomic mass is 10.1. The maximum Gasteiger partial charge on any atom is 0.260 e. The van der Waals surface area contributed by atoms with Crippen LogP contribution in [0.2, 0.25) is 0 Å². The first-order chi connectivity index (χ1) is 6.66. The summed E-state index contributed by atoms with van der Waals surface area (Å²) in [6, 6.07) is 0.681. The molecule has 4 heteroatoms. The number of piperidine rings is 1. The van der Waals surface area contributed by atoms with Gasteiger partial charge >= 0.3 is 0 Å². The summed E-state index contributed by atoms with van der Waals surface area (Å²) in [5, 5.41) is 3.34. The Bertz CT molecular complexity index is 193. The lowest BCUT2D eigenvalue weighted by Crippen LogP contribution is -2.45. The van der Waals surface area contributed by atoms with Gasteiger partial charge in [0.05, 0.1) is 6.54 Å². The van der Waals surface area contributed by atoms with Gasteiger partial charge in [-0.15, -0.1) is 0 Å². The zero-order chi connectivity index (χ0) is 10.0. The van der Waals surface area contributed by atoms with E-state index in [4.69, 9.17) is 0 Å². The molecular formula is C10H18F2N2. The summed E-state index contributed by atoms with van der Waals surface area (Å²) in [6.07, 6.45) is 3.22. The molecule has 1 saturated carbocycles. The van der Waals surface area contributed by atoms with Gasteiger partial charge in [-0.2, -0.15) is 0 Å². The predicted molar refractivity (Wildman–Crippen MR) is 51.6 cm³/mol. The molecule has 0 aromatic rings. The first-order valence-corrected chi connectivity index (χ1v) is 5.49. The van der Waals surface area contributed by atoms with Crippen molar-refractivity contribution in [2.75, 3.05) is 26.2 Å². The molecular weight excluding hydrogens is 186 g/mol. The molecule has 0 bridgehead atoms. The summed E-state index contributed by atoms with van der Waals surface area (Å²) >= 11 is 0. The van der Waals surface area contributed by atoms with Gasteiger partial charge in [0.2, 0.25) is 0 Å². The summed E-state index contributed by atoms with van der Waals surface area (Å²) in [6.45, 7) is 2.42. The second kappa shape index (κ2) is 4.11. The minimum atomic E-state index is -2.45. The van der Waals surface area contributed by atoms with Crippen LogP contribution in [0, 0.1) is 0 Å². The number of hydrogen-bond donors (Lipinski definition) is 1. The Morgan fingerprint density at radius 1 is 1.36 bits per heavy atom. The molecule has 2 fully saturated rings. The monoisotopic (exact) mass is 204 g/mol. The maximum absolute atomic E-state index is 13.0. The van der Waals surface area contributed by atoms with Gasteiger partial charge < -0.3 is 5.32 Å². The summed E-state index contributed by atoms with van der Waals surface area (Å²) in [5.74, 6) is -2.45. The number of alkyl halides is 2. The standard InChI is InChI=1S/C10H18F2N2/c11-10(12)4-1-6-14(8-10)7-5-13-9-2-3-9/h9,13H,1-8H2. The zero-order valence-corrected chi connectivity index (χ0v) is 8.44. The highest BCUT2D eigenvalue weighted by Crippen LogP contribution is 2.26. The van der Waals surface area contributed by atoms with Crippen LogP contribution in [0.5, 0.6) is 0 Å². The lowest BCUT2D eigenvalue weighted by Gasteiger charge is -2.32. The Hall–Kier alpha value is -0.220. The molecule has 2 rings (SSSR count). The van der Waals surface area contributed by atoms with Crippen LogP contribution >= 0.6 is 0 Å². The molecule has 1 aliphatic carbocycles. The number of rotatable bonds is 4. The zero-order valence-electron chi connectivity index (χ0n) is 8.44. The highest BCUT2D eigenvalue weighted by Gasteiger charge is 2.34. The van der Waals surface area contributed by atoms with E-state index in [1.54, 1.807) is 0 Å². The van der Waals surface area contributed by atoms with Crippen molar-refractivity contribution in [3.05, 3.63) is 0 Å². The van der Waals surface area contributed by atoms with Crippen LogP contribution in [-0.2, 0) is 0 Å². The van der Waals surface area contributed by atoms with Crippen molar-refractivity contribution in [1.82, 2.24) is 10.2 Å². The van der Waals surface area contributed by atoms with Gasteiger partial charge in [0, 0.05) is 25.6 Å². The molecule has 2 nitrogen and oxygen atoms in total. The Morgan fingerprint density at radius 3 is 2.79 bits per heavy atom. The Labute approximate surface area is 83.7 Å². The van der Waals surface area contributed by atoms with Gasteiger partial charge in [0.15, 0.2) is 0 Å². The topological polar surface area (TPSA) is 15.3 Å². The highest BCUT2D eigenvalue weighted by atomic mass is 19.3. The van der Waals surface area contributed by atoms with Crippen LogP contribution in [0.25, 0.3) is 0 Å². The number of nitrogens with one attached hydrogen (secondary N) is 1. The maximum atomic E-state index is 13.0. The van der Waals surface area contributed by atoms with Crippen LogP contribution in [0.3, 0.4) is 0 Å². The van der Waals surface area contributed by atoms with Crippen LogP contribution < -0.4 is 5.32 Å². The molecule has 1 heterocycles. The molecule has 0 radical (unpaired) electrons. The first-order valence-electron chi connectivity index (χ1n) is 5.49. The fourth-order valence-corrected chi connectivity index (χ4v) is 1.95. The van der Waals surface area contributed by atoms with Crippen LogP contribution in [0.1, 0.15) is 25.7 Å². The van der Waals surface area contributed by atoms with E-state index >= 15 is 0 Å². The van der Waals surface area contributed by atoms with Crippen molar-refractivity contribution in [1.29, 1.82) is 0 Å². The third-order valence-electron chi connectivity index (χ3n) is 2.91. The molecule has 0 atom stereocenters. The molecule has 0 spiro atoms. The SMILES string of the molecule is FC1(F)CCCN(CCNC2CC2)C1. The number of likely N-dealkylation sites (tertiary alicyclic amines) is 1. The second-order valence-corrected chi connectivity index (χ2v) is 4.46. The fourth-order valence-electron chi connectivity index (χ4n) is 1.95. The van der Waals surface area contributed by atoms with Gasteiger partial charge in [-0.1, -0.05) is 0 Å². The Kier molecular flexibility index (Phi) is 3.02. The van der Waals surface area contributed by atoms with Crippen molar-refractivity contribution in [3.8, 4) is 0 Å². The molecule has 1 aliphatic heterocycles. The van der Waals surface area contributed by atoms with Crippen molar-refractivity contribution < 1.29 is 8.78 Å². The molecule has 0 unspecified atom stereocenters. The summed E-state index contributed by atoms with van der Waals surface area (Å²) in [5.41, 5.74) is 0. The third kappa shape index (κ3) is 3.17. The van der Waals surface area contributed by atoms with E-state index < -0.39 is 5.92 Å². The molecule has 2 aliphatic rings. The molecule has 82 valence electrons. The lowest BCUT2D eigenvalue weighted by molar-refractivity contribution is -0.0634. The molecule has 14 heavy (non-hydrogen) atoms. The normalized spacial score (nSPS) is 27.9. The molecule has 0 amide bonds. The Balaban J connectivity index is 1.63. The van der Waals surface area contributed by atoms with Crippen molar-refractivity contribution >= 4 is 0 Å². The molecule has 0 aromatic carbocycles. The van der Waals surface area contributed by atoms with E-state index in [2.05, 4.69) is 5.32 Å². The molecule has 1 N–H and O–H groups in total. The van der Waals surface area contributed by atoms with Crippen molar-refractivity contribution in [2.24, 2.45) is 0 Å².